The van der Waals surface area contributed by atoms with Gasteiger partial charge in [-0.3, -0.25) is 0 Å². The van der Waals surface area contributed by atoms with E-state index in [0.29, 0.717) is 17.5 Å². The maximum Gasteiger partial charge on any atom is 0.0752 e. The zero-order valence-electron chi connectivity index (χ0n) is 8.12. The van der Waals surface area contributed by atoms with Gasteiger partial charge in [0.1, 0.15) is 0 Å². The summed E-state index contributed by atoms with van der Waals surface area (Å²) in [5.74, 6) is 0.966. The second-order valence-corrected chi connectivity index (χ2v) is 4.55. The first-order chi connectivity index (χ1) is 5.57. The Kier molecular flexibility index (Phi) is 3.31. The van der Waals surface area contributed by atoms with Crippen molar-refractivity contribution < 1.29 is 5.11 Å². The molecule has 1 aliphatic rings. The van der Waals surface area contributed by atoms with E-state index in [0.717, 1.165) is 6.42 Å². The third-order valence-corrected chi connectivity index (χ3v) is 4.19. The number of aliphatic hydroxyl groups excluding tert-OH is 1. The zero-order chi connectivity index (χ0) is 9.30. The minimum Gasteiger partial charge on any atom is -0.389 e. The Hall–Kier alpha value is 0.130. The van der Waals surface area contributed by atoms with Gasteiger partial charge in [0, 0.05) is 0 Å². The van der Waals surface area contributed by atoms with Crippen molar-refractivity contribution in [1.82, 2.24) is 0 Å². The molecule has 0 amide bonds. The lowest BCUT2D eigenvalue weighted by Gasteiger charge is -2.35. The first-order valence-corrected chi connectivity index (χ1v) is 5.38. The van der Waals surface area contributed by atoms with Crippen LogP contribution in [-0.4, -0.2) is 16.9 Å². The molecule has 0 saturated carbocycles. The second-order valence-electron chi connectivity index (χ2n) is 3.83. The van der Waals surface area contributed by atoms with Crippen LogP contribution in [0.4, 0.5) is 0 Å². The number of aliphatic hydroxyl groups is 1. The van der Waals surface area contributed by atoms with Gasteiger partial charge in [-0.15, -0.1) is 9.24 Å². The molecule has 0 aromatic rings. The van der Waals surface area contributed by atoms with E-state index in [2.05, 4.69) is 30.0 Å². The molecule has 70 valence electrons. The van der Waals surface area contributed by atoms with Crippen LogP contribution in [0.15, 0.2) is 11.6 Å². The minimum atomic E-state index is -0.230. The molecule has 1 nitrogen and oxygen atoms in total. The summed E-state index contributed by atoms with van der Waals surface area (Å²) in [6.45, 7) is 6.49. The highest BCUT2D eigenvalue weighted by Crippen LogP contribution is 2.35. The Bertz CT molecular complexity index is 188. The number of hydrogen-bond acceptors (Lipinski definition) is 1. The molecular formula is C10H19OP. The van der Waals surface area contributed by atoms with Crippen LogP contribution in [0.3, 0.4) is 0 Å². The van der Waals surface area contributed by atoms with Gasteiger partial charge >= 0.3 is 0 Å². The van der Waals surface area contributed by atoms with Gasteiger partial charge < -0.3 is 5.11 Å². The van der Waals surface area contributed by atoms with Crippen molar-refractivity contribution in [3.63, 3.8) is 0 Å². The van der Waals surface area contributed by atoms with E-state index in [9.17, 15) is 5.11 Å². The van der Waals surface area contributed by atoms with E-state index >= 15 is 0 Å². The average Bonchev–Trinajstić information content (AvgIpc) is 2.08. The molecule has 0 heterocycles. The fourth-order valence-corrected chi connectivity index (χ4v) is 2.51. The van der Waals surface area contributed by atoms with Crippen molar-refractivity contribution in [2.75, 3.05) is 0 Å². The van der Waals surface area contributed by atoms with Crippen LogP contribution in [0.2, 0.25) is 0 Å². The summed E-state index contributed by atoms with van der Waals surface area (Å²) < 4.78 is 0. The number of allylic oxidation sites excluding steroid dienone is 1. The van der Waals surface area contributed by atoms with Crippen molar-refractivity contribution in [1.29, 1.82) is 0 Å². The Labute approximate surface area is 77.5 Å². The molecule has 0 spiro atoms. The molecule has 1 rings (SSSR count). The lowest BCUT2D eigenvalue weighted by molar-refractivity contribution is 0.119. The van der Waals surface area contributed by atoms with Gasteiger partial charge in [-0.25, -0.2) is 0 Å². The van der Waals surface area contributed by atoms with Crippen LogP contribution in [-0.2, 0) is 0 Å². The standard InChI is InChI=1S/C10H19OP/c1-4-8-5-9(11)6(2)7(3)10(8)12/h5-7,9-11H,4,12H2,1-3H3. The quantitative estimate of drug-likeness (QED) is 0.491. The van der Waals surface area contributed by atoms with Crippen LogP contribution in [0.5, 0.6) is 0 Å². The van der Waals surface area contributed by atoms with E-state index in [4.69, 9.17) is 0 Å². The maximum absolute atomic E-state index is 9.68. The summed E-state index contributed by atoms with van der Waals surface area (Å²) in [4.78, 5) is 0. The van der Waals surface area contributed by atoms with Crippen LogP contribution in [0, 0.1) is 11.8 Å². The van der Waals surface area contributed by atoms with Gasteiger partial charge in [-0.1, -0.05) is 32.4 Å². The predicted molar refractivity (Wildman–Crippen MR) is 56.2 cm³/mol. The predicted octanol–water partition coefficient (Wildman–Crippen LogP) is 2.21. The molecule has 0 radical (unpaired) electrons. The third-order valence-electron chi connectivity index (χ3n) is 3.16. The van der Waals surface area contributed by atoms with Crippen molar-refractivity contribution in [3.8, 4) is 0 Å². The first kappa shape index (κ1) is 10.2. The van der Waals surface area contributed by atoms with Gasteiger partial charge in [0.05, 0.1) is 6.10 Å². The van der Waals surface area contributed by atoms with Crippen LogP contribution < -0.4 is 0 Å². The van der Waals surface area contributed by atoms with Gasteiger partial charge in [0.15, 0.2) is 0 Å². The molecule has 5 unspecified atom stereocenters. The van der Waals surface area contributed by atoms with E-state index < -0.39 is 0 Å². The maximum atomic E-state index is 9.68. The Morgan fingerprint density at radius 1 is 1.42 bits per heavy atom. The van der Waals surface area contributed by atoms with E-state index in [1.54, 1.807) is 0 Å². The average molecular weight is 186 g/mol. The summed E-state index contributed by atoms with van der Waals surface area (Å²) in [6.07, 6.45) is 2.86. The van der Waals surface area contributed by atoms with Crippen LogP contribution in [0.1, 0.15) is 27.2 Å². The fraction of sp³-hybridized carbons (Fsp3) is 0.800. The molecular weight excluding hydrogens is 167 g/mol. The molecule has 1 N–H and O–H groups in total. The van der Waals surface area contributed by atoms with Gasteiger partial charge in [-0.2, -0.15) is 0 Å². The fourth-order valence-electron chi connectivity index (χ4n) is 1.81. The molecule has 0 bridgehead atoms. The number of hydrogen-bond donors (Lipinski definition) is 1. The highest BCUT2D eigenvalue weighted by Gasteiger charge is 2.30. The molecule has 0 fully saturated rings. The van der Waals surface area contributed by atoms with Gasteiger partial charge in [0.25, 0.3) is 0 Å². The molecule has 0 saturated heterocycles. The van der Waals surface area contributed by atoms with E-state index in [1.807, 2.05) is 6.08 Å². The minimum absolute atomic E-state index is 0.230. The van der Waals surface area contributed by atoms with E-state index in [1.165, 1.54) is 5.57 Å². The number of rotatable bonds is 1. The SMILES string of the molecule is CCC1=CC(O)C(C)C(C)C1P. The van der Waals surface area contributed by atoms with Gasteiger partial charge in [0.2, 0.25) is 0 Å². The van der Waals surface area contributed by atoms with Crippen molar-refractivity contribution in [2.45, 2.75) is 39.0 Å². The normalized spacial score (nSPS) is 42.6. The lowest BCUT2D eigenvalue weighted by atomic mass is 9.79. The molecule has 0 aromatic carbocycles. The second kappa shape index (κ2) is 3.89. The zero-order valence-corrected chi connectivity index (χ0v) is 9.27. The summed E-state index contributed by atoms with van der Waals surface area (Å²) in [6, 6.07) is 0. The van der Waals surface area contributed by atoms with Gasteiger partial charge in [-0.05, 0) is 23.9 Å². The summed E-state index contributed by atoms with van der Waals surface area (Å²) in [5.41, 5.74) is 1.95. The van der Waals surface area contributed by atoms with Crippen molar-refractivity contribution in [3.05, 3.63) is 11.6 Å². The van der Waals surface area contributed by atoms with Crippen molar-refractivity contribution in [2.24, 2.45) is 11.8 Å². The summed E-state index contributed by atoms with van der Waals surface area (Å²) in [7, 11) is 2.89. The summed E-state index contributed by atoms with van der Waals surface area (Å²) in [5, 5.41) is 9.68. The first-order valence-electron chi connectivity index (χ1n) is 4.72. The smallest absolute Gasteiger partial charge is 0.0752 e. The summed E-state index contributed by atoms with van der Waals surface area (Å²) >= 11 is 0. The Balaban J connectivity index is 2.84. The molecule has 12 heavy (non-hydrogen) atoms. The Morgan fingerprint density at radius 2 is 2.00 bits per heavy atom. The molecule has 5 atom stereocenters. The highest BCUT2D eigenvalue weighted by atomic mass is 31.0. The van der Waals surface area contributed by atoms with Crippen molar-refractivity contribution >= 4 is 9.24 Å². The lowest BCUT2D eigenvalue weighted by Crippen LogP contribution is -2.33. The Morgan fingerprint density at radius 3 is 2.50 bits per heavy atom. The highest BCUT2D eigenvalue weighted by molar-refractivity contribution is 7.18. The monoisotopic (exact) mass is 186 g/mol. The molecule has 0 aliphatic heterocycles. The van der Waals surface area contributed by atoms with Crippen LogP contribution in [0.25, 0.3) is 0 Å². The third kappa shape index (κ3) is 1.72. The molecule has 0 aromatic heterocycles. The van der Waals surface area contributed by atoms with E-state index in [-0.39, 0.29) is 6.10 Å². The largest absolute Gasteiger partial charge is 0.389 e. The van der Waals surface area contributed by atoms with Crippen LogP contribution >= 0.6 is 9.24 Å². The molecule has 2 heteroatoms. The molecule has 1 aliphatic carbocycles. The topological polar surface area (TPSA) is 20.2 Å².